The largest absolute Gasteiger partial charge is 0.397 e. The second-order valence-electron chi connectivity index (χ2n) is 4.29. The van der Waals surface area contributed by atoms with Gasteiger partial charge in [0, 0.05) is 6.04 Å². The van der Waals surface area contributed by atoms with Crippen molar-refractivity contribution in [2.75, 3.05) is 17.6 Å². The first kappa shape index (κ1) is 10.8. The quantitative estimate of drug-likeness (QED) is 0.668. The van der Waals surface area contributed by atoms with Gasteiger partial charge < -0.3 is 16.4 Å². The normalized spacial score (nSPS) is 14.6. The third kappa shape index (κ3) is 2.89. The predicted molar refractivity (Wildman–Crippen MR) is 65.2 cm³/mol. The van der Waals surface area contributed by atoms with Gasteiger partial charge in [-0.15, -0.1) is 0 Å². The highest BCUT2D eigenvalue weighted by atomic mass is 16.2. The summed E-state index contributed by atoms with van der Waals surface area (Å²) in [5.41, 5.74) is 8.42. The lowest BCUT2D eigenvalue weighted by Crippen LogP contribution is -2.31. The fourth-order valence-corrected chi connectivity index (χ4v) is 1.51. The third-order valence-corrected chi connectivity index (χ3v) is 2.59. The molecular weight excluding hydrogens is 202 g/mol. The van der Waals surface area contributed by atoms with Crippen molar-refractivity contribution in [3.05, 3.63) is 23.8 Å². The average Bonchev–Trinajstić information content (AvgIpc) is 3.03. The summed E-state index contributed by atoms with van der Waals surface area (Å²) in [6, 6.07) is 6.14. The maximum absolute atomic E-state index is 11.4. The molecular formula is C12H17N3O. The molecule has 0 aromatic heterocycles. The van der Waals surface area contributed by atoms with Gasteiger partial charge in [-0.2, -0.15) is 0 Å². The summed E-state index contributed by atoms with van der Waals surface area (Å²) >= 11 is 0. The first-order valence-corrected chi connectivity index (χ1v) is 5.54. The Kier molecular flexibility index (Phi) is 2.99. The van der Waals surface area contributed by atoms with Crippen LogP contribution in [0.15, 0.2) is 18.2 Å². The Balaban J connectivity index is 1.87. The molecule has 0 bridgehead atoms. The highest BCUT2D eigenvalue weighted by Gasteiger charge is 2.22. The third-order valence-electron chi connectivity index (χ3n) is 2.59. The zero-order valence-electron chi connectivity index (χ0n) is 9.42. The SMILES string of the molecule is Cc1ccc(N)c(NCC(=O)NC2CC2)c1. The summed E-state index contributed by atoms with van der Waals surface area (Å²) in [5, 5.41) is 5.97. The Morgan fingerprint density at radius 2 is 2.25 bits per heavy atom. The van der Waals surface area contributed by atoms with Crippen LogP contribution in [0.4, 0.5) is 11.4 Å². The van der Waals surface area contributed by atoms with Gasteiger partial charge in [0.1, 0.15) is 0 Å². The van der Waals surface area contributed by atoms with Crippen molar-refractivity contribution in [1.29, 1.82) is 0 Å². The highest BCUT2D eigenvalue weighted by molar-refractivity contribution is 5.82. The van der Waals surface area contributed by atoms with Crippen LogP contribution >= 0.6 is 0 Å². The van der Waals surface area contributed by atoms with E-state index in [1.54, 1.807) is 0 Å². The van der Waals surface area contributed by atoms with E-state index >= 15 is 0 Å². The molecule has 0 aliphatic heterocycles. The van der Waals surface area contributed by atoms with E-state index < -0.39 is 0 Å². The van der Waals surface area contributed by atoms with Crippen LogP contribution in [0.25, 0.3) is 0 Å². The molecule has 0 unspecified atom stereocenters. The molecule has 1 aliphatic carbocycles. The van der Waals surface area contributed by atoms with Gasteiger partial charge in [0.2, 0.25) is 5.91 Å². The summed E-state index contributed by atoms with van der Waals surface area (Å²) in [5.74, 6) is 0.0309. The Hall–Kier alpha value is -1.71. The molecule has 4 heteroatoms. The standard InChI is InChI=1S/C12H17N3O/c1-8-2-5-10(13)11(6-8)14-7-12(16)15-9-3-4-9/h2,5-6,9,14H,3-4,7,13H2,1H3,(H,15,16). The number of aryl methyl sites for hydroxylation is 1. The summed E-state index contributed by atoms with van der Waals surface area (Å²) < 4.78 is 0. The Morgan fingerprint density at radius 3 is 2.94 bits per heavy atom. The fourth-order valence-electron chi connectivity index (χ4n) is 1.51. The van der Waals surface area contributed by atoms with Crippen molar-refractivity contribution >= 4 is 17.3 Å². The molecule has 1 aromatic carbocycles. The van der Waals surface area contributed by atoms with Crippen LogP contribution in [0.2, 0.25) is 0 Å². The molecule has 1 saturated carbocycles. The molecule has 4 N–H and O–H groups in total. The van der Waals surface area contributed by atoms with Crippen LogP contribution < -0.4 is 16.4 Å². The van der Waals surface area contributed by atoms with Gasteiger partial charge in [-0.25, -0.2) is 0 Å². The Bertz CT molecular complexity index is 399. The summed E-state index contributed by atoms with van der Waals surface area (Å²) in [6.07, 6.45) is 2.22. The summed E-state index contributed by atoms with van der Waals surface area (Å²) in [7, 11) is 0. The number of hydrogen-bond acceptors (Lipinski definition) is 3. The lowest BCUT2D eigenvalue weighted by Gasteiger charge is -2.10. The number of benzene rings is 1. The van der Waals surface area contributed by atoms with Gasteiger partial charge >= 0.3 is 0 Å². The molecule has 0 heterocycles. The van der Waals surface area contributed by atoms with E-state index in [2.05, 4.69) is 10.6 Å². The Labute approximate surface area is 95.2 Å². The van der Waals surface area contributed by atoms with Gasteiger partial charge in [-0.1, -0.05) is 6.07 Å². The highest BCUT2D eigenvalue weighted by Crippen LogP contribution is 2.20. The first-order chi connectivity index (χ1) is 7.65. The number of hydrogen-bond donors (Lipinski definition) is 3. The molecule has 16 heavy (non-hydrogen) atoms. The number of anilines is 2. The number of carbonyl (C=O) groups excluding carboxylic acids is 1. The van der Waals surface area contributed by atoms with E-state index in [0.29, 0.717) is 11.7 Å². The van der Waals surface area contributed by atoms with Crippen LogP contribution in [0, 0.1) is 6.92 Å². The number of amides is 1. The molecule has 86 valence electrons. The topological polar surface area (TPSA) is 67.1 Å². The smallest absolute Gasteiger partial charge is 0.239 e. The summed E-state index contributed by atoms with van der Waals surface area (Å²) in [4.78, 5) is 11.4. The van der Waals surface area contributed by atoms with Gasteiger partial charge in [-0.3, -0.25) is 4.79 Å². The number of nitrogen functional groups attached to an aromatic ring is 1. The van der Waals surface area contributed by atoms with Gasteiger partial charge in [0.15, 0.2) is 0 Å². The van der Waals surface area contributed by atoms with Crippen molar-refractivity contribution < 1.29 is 4.79 Å². The maximum atomic E-state index is 11.4. The summed E-state index contributed by atoms with van der Waals surface area (Å²) in [6.45, 7) is 2.28. The minimum absolute atomic E-state index is 0.0309. The van der Waals surface area contributed by atoms with Crippen molar-refractivity contribution in [2.24, 2.45) is 0 Å². The van der Waals surface area contributed by atoms with Crippen LogP contribution in [0.1, 0.15) is 18.4 Å². The number of carbonyl (C=O) groups is 1. The molecule has 1 fully saturated rings. The van der Waals surface area contributed by atoms with E-state index in [4.69, 9.17) is 5.73 Å². The molecule has 0 saturated heterocycles. The molecule has 1 aliphatic rings. The van der Waals surface area contributed by atoms with E-state index in [9.17, 15) is 4.79 Å². The van der Waals surface area contributed by atoms with Crippen molar-refractivity contribution in [3.63, 3.8) is 0 Å². The van der Waals surface area contributed by atoms with Crippen LogP contribution in [0.3, 0.4) is 0 Å². The van der Waals surface area contributed by atoms with E-state index in [-0.39, 0.29) is 12.5 Å². The lowest BCUT2D eigenvalue weighted by molar-refractivity contribution is -0.119. The molecule has 1 amide bonds. The zero-order chi connectivity index (χ0) is 11.5. The molecule has 0 atom stereocenters. The van der Waals surface area contributed by atoms with Crippen LogP contribution in [-0.2, 0) is 4.79 Å². The minimum atomic E-state index is 0.0309. The van der Waals surface area contributed by atoms with Crippen LogP contribution in [-0.4, -0.2) is 18.5 Å². The average molecular weight is 219 g/mol. The van der Waals surface area contributed by atoms with Gasteiger partial charge in [0.05, 0.1) is 17.9 Å². The molecule has 0 spiro atoms. The molecule has 4 nitrogen and oxygen atoms in total. The second-order valence-corrected chi connectivity index (χ2v) is 4.29. The second kappa shape index (κ2) is 4.43. The number of rotatable bonds is 4. The van der Waals surface area contributed by atoms with Crippen molar-refractivity contribution in [3.8, 4) is 0 Å². The fraction of sp³-hybridized carbons (Fsp3) is 0.417. The number of nitrogens with one attached hydrogen (secondary N) is 2. The number of nitrogens with two attached hydrogens (primary N) is 1. The monoisotopic (exact) mass is 219 g/mol. The minimum Gasteiger partial charge on any atom is -0.397 e. The van der Waals surface area contributed by atoms with E-state index in [1.165, 1.54) is 0 Å². The van der Waals surface area contributed by atoms with E-state index in [1.807, 2.05) is 25.1 Å². The predicted octanol–water partition coefficient (Wildman–Crippen LogP) is 1.27. The maximum Gasteiger partial charge on any atom is 0.239 e. The Morgan fingerprint density at radius 1 is 1.50 bits per heavy atom. The lowest BCUT2D eigenvalue weighted by atomic mass is 10.2. The molecule has 1 aromatic rings. The van der Waals surface area contributed by atoms with Gasteiger partial charge in [0.25, 0.3) is 0 Å². The molecule has 2 rings (SSSR count). The first-order valence-electron chi connectivity index (χ1n) is 5.54. The van der Waals surface area contributed by atoms with Crippen LogP contribution in [0.5, 0.6) is 0 Å². The van der Waals surface area contributed by atoms with Crippen molar-refractivity contribution in [1.82, 2.24) is 5.32 Å². The van der Waals surface area contributed by atoms with Gasteiger partial charge in [-0.05, 0) is 37.5 Å². The zero-order valence-corrected chi connectivity index (χ0v) is 9.42. The van der Waals surface area contributed by atoms with Crippen molar-refractivity contribution in [2.45, 2.75) is 25.8 Å². The van der Waals surface area contributed by atoms with E-state index in [0.717, 1.165) is 24.1 Å². The molecule has 0 radical (unpaired) electrons.